The van der Waals surface area contributed by atoms with E-state index in [1.807, 2.05) is 49.9 Å². The Hall–Kier alpha value is -4.23. The smallest absolute Gasteiger partial charge is 0.291 e. The van der Waals surface area contributed by atoms with Crippen molar-refractivity contribution in [2.45, 2.75) is 70.7 Å². The Morgan fingerprint density at radius 1 is 1.02 bits per heavy atom. The first-order valence-corrected chi connectivity index (χ1v) is 17.1. The van der Waals surface area contributed by atoms with E-state index in [4.69, 9.17) is 16.3 Å². The maximum Gasteiger partial charge on any atom is 0.291 e. The summed E-state index contributed by atoms with van der Waals surface area (Å²) < 4.78 is 34.4. The SMILES string of the molecule is COCc1cc(C(=O)Nc2cccc(-c3cccc(NC(=O)c4nc5c(n4C)CCN(C)C5)c3Cl)c2C)ncc1CNC1CCC(F)(F)CC1. The number of amides is 2. The lowest BCUT2D eigenvalue weighted by molar-refractivity contribution is -0.0405. The van der Waals surface area contributed by atoms with Crippen LogP contribution in [-0.2, 0) is 37.9 Å². The Labute approximate surface area is 295 Å². The number of hydrogen-bond acceptors (Lipinski definition) is 7. The third-order valence-electron chi connectivity index (χ3n) is 9.68. The first kappa shape index (κ1) is 35.6. The molecule has 0 radical (unpaired) electrons. The molecule has 264 valence electrons. The van der Waals surface area contributed by atoms with Crippen molar-refractivity contribution >= 4 is 34.8 Å². The van der Waals surface area contributed by atoms with Gasteiger partial charge < -0.3 is 30.2 Å². The van der Waals surface area contributed by atoms with Crippen LogP contribution in [0.15, 0.2) is 48.7 Å². The van der Waals surface area contributed by atoms with Crippen LogP contribution in [0.3, 0.4) is 0 Å². The number of nitrogens with one attached hydrogen (secondary N) is 3. The number of fused-ring (bicyclic) bond motifs is 1. The van der Waals surface area contributed by atoms with E-state index in [0.717, 1.165) is 46.6 Å². The second-order valence-electron chi connectivity index (χ2n) is 13.2. The molecule has 0 saturated heterocycles. The Morgan fingerprint density at radius 3 is 2.46 bits per heavy atom. The van der Waals surface area contributed by atoms with Gasteiger partial charge in [-0.05, 0) is 67.3 Å². The van der Waals surface area contributed by atoms with Crippen molar-refractivity contribution in [1.29, 1.82) is 0 Å². The summed E-state index contributed by atoms with van der Waals surface area (Å²) in [6.07, 6.45) is 3.05. The molecule has 50 heavy (non-hydrogen) atoms. The van der Waals surface area contributed by atoms with Crippen LogP contribution in [0.5, 0.6) is 0 Å². The topological polar surface area (TPSA) is 113 Å². The molecule has 2 aromatic heterocycles. The van der Waals surface area contributed by atoms with Crippen LogP contribution in [0, 0.1) is 6.92 Å². The van der Waals surface area contributed by atoms with Crippen molar-refractivity contribution in [3.8, 4) is 11.1 Å². The van der Waals surface area contributed by atoms with Crippen molar-refractivity contribution < 1.29 is 23.1 Å². The minimum Gasteiger partial charge on any atom is -0.380 e. The van der Waals surface area contributed by atoms with Crippen molar-refractivity contribution in [3.63, 3.8) is 0 Å². The number of likely N-dealkylation sites (N-methyl/N-ethyl adjacent to an activating group) is 1. The number of benzene rings is 2. The van der Waals surface area contributed by atoms with E-state index in [2.05, 4.69) is 30.8 Å². The van der Waals surface area contributed by atoms with Crippen LogP contribution < -0.4 is 16.0 Å². The zero-order chi connectivity index (χ0) is 35.6. The molecule has 6 rings (SSSR count). The van der Waals surface area contributed by atoms with Gasteiger partial charge in [-0.25, -0.2) is 13.8 Å². The molecule has 10 nitrogen and oxygen atoms in total. The fraction of sp³-hybridized carbons (Fsp3) is 0.405. The molecule has 13 heteroatoms. The normalized spacial score (nSPS) is 16.2. The molecule has 1 aliphatic carbocycles. The maximum atomic E-state index is 13.6. The highest BCUT2D eigenvalue weighted by atomic mass is 35.5. The number of carbonyl (C=O) groups is 2. The van der Waals surface area contributed by atoms with Crippen LogP contribution in [0.25, 0.3) is 11.1 Å². The van der Waals surface area contributed by atoms with E-state index in [1.54, 1.807) is 31.5 Å². The predicted molar refractivity (Wildman–Crippen MR) is 190 cm³/mol. The summed E-state index contributed by atoms with van der Waals surface area (Å²) >= 11 is 6.91. The van der Waals surface area contributed by atoms with Crippen LogP contribution in [0.4, 0.5) is 20.2 Å². The van der Waals surface area contributed by atoms with Gasteiger partial charge in [0.15, 0.2) is 5.82 Å². The van der Waals surface area contributed by atoms with E-state index in [9.17, 15) is 18.4 Å². The number of rotatable bonds is 10. The van der Waals surface area contributed by atoms with Gasteiger partial charge in [0.1, 0.15) is 5.69 Å². The molecule has 2 aliphatic rings. The fourth-order valence-electron chi connectivity index (χ4n) is 6.72. The molecule has 0 unspecified atom stereocenters. The lowest BCUT2D eigenvalue weighted by Gasteiger charge is -2.29. The maximum absolute atomic E-state index is 13.6. The Balaban J connectivity index is 1.16. The number of halogens is 3. The third-order valence-corrected chi connectivity index (χ3v) is 10.1. The highest BCUT2D eigenvalue weighted by Crippen LogP contribution is 2.38. The Kier molecular flexibility index (Phi) is 10.6. The number of alkyl halides is 2. The van der Waals surface area contributed by atoms with E-state index in [1.165, 1.54) is 0 Å². The number of imidazole rings is 1. The summed E-state index contributed by atoms with van der Waals surface area (Å²) in [4.78, 5) is 38.1. The van der Waals surface area contributed by atoms with Gasteiger partial charge >= 0.3 is 0 Å². The van der Waals surface area contributed by atoms with Crippen LogP contribution in [0.1, 0.15) is 74.9 Å². The van der Waals surface area contributed by atoms with Crippen LogP contribution in [0.2, 0.25) is 5.02 Å². The molecular formula is C37H42ClF2N7O3. The lowest BCUT2D eigenvalue weighted by atomic mass is 9.92. The van der Waals surface area contributed by atoms with Crippen molar-refractivity contribution in [1.82, 2.24) is 24.8 Å². The molecule has 3 N–H and O–H groups in total. The van der Waals surface area contributed by atoms with Gasteiger partial charge in [0.2, 0.25) is 5.92 Å². The van der Waals surface area contributed by atoms with Crippen molar-refractivity contribution in [3.05, 3.63) is 93.3 Å². The molecule has 4 aromatic rings. The van der Waals surface area contributed by atoms with Crippen molar-refractivity contribution in [2.24, 2.45) is 7.05 Å². The molecule has 0 atom stereocenters. The number of pyridine rings is 1. The summed E-state index contributed by atoms with van der Waals surface area (Å²) in [6.45, 7) is 4.20. The quantitative estimate of drug-likeness (QED) is 0.167. The molecule has 0 spiro atoms. The number of hydrogen-bond donors (Lipinski definition) is 3. The second-order valence-corrected chi connectivity index (χ2v) is 13.6. The van der Waals surface area contributed by atoms with Gasteiger partial charge in [0, 0.05) is 82.2 Å². The standard InChI is InChI=1S/C37H42ClF2N7O3/c1-22-26(27-8-6-10-29(33(27)38)45-36(49)34-43-31-20-46(2)16-13-32(31)47(34)3)7-5-9-28(22)44-35(48)30-17-23(21-50-4)24(19-42-30)18-41-25-11-14-37(39,40)15-12-25/h5-10,17,19,25,41H,11-16,18,20-21H2,1-4H3,(H,44,48)(H,45,49). The largest absolute Gasteiger partial charge is 0.380 e. The van der Waals surface area contributed by atoms with Crippen LogP contribution in [-0.4, -0.2) is 63.9 Å². The molecule has 0 bridgehead atoms. The summed E-state index contributed by atoms with van der Waals surface area (Å²) in [7, 11) is 5.47. The summed E-state index contributed by atoms with van der Waals surface area (Å²) in [5, 5.41) is 9.66. The monoisotopic (exact) mass is 705 g/mol. The molecular weight excluding hydrogens is 664 g/mol. The summed E-state index contributed by atoms with van der Waals surface area (Å²) in [6, 6.07) is 12.7. The highest BCUT2D eigenvalue weighted by molar-refractivity contribution is 6.36. The first-order chi connectivity index (χ1) is 23.9. The van der Waals surface area contributed by atoms with Crippen molar-refractivity contribution in [2.75, 3.05) is 31.3 Å². The minimum atomic E-state index is -2.58. The first-order valence-electron chi connectivity index (χ1n) is 16.8. The van der Waals surface area contributed by atoms with Crippen LogP contribution >= 0.6 is 11.6 Å². The second kappa shape index (κ2) is 14.9. The summed E-state index contributed by atoms with van der Waals surface area (Å²) in [5.74, 6) is -3.00. The molecule has 1 saturated carbocycles. The predicted octanol–water partition coefficient (Wildman–Crippen LogP) is 6.75. The summed E-state index contributed by atoms with van der Waals surface area (Å²) in [5.41, 5.74) is 7.11. The molecule has 2 aromatic carbocycles. The lowest BCUT2D eigenvalue weighted by Crippen LogP contribution is -2.36. The zero-order valence-electron chi connectivity index (χ0n) is 28.7. The van der Waals surface area contributed by atoms with E-state index in [0.29, 0.717) is 53.7 Å². The van der Waals surface area contributed by atoms with Gasteiger partial charge in [-0.15, -0.1) is 0 Å². The van der Waals surface area contributed by atoms with E-state index >= 15 is 0 Å². The highest BCUT2D eigenvalue weighted by Gasteiger charge is 2.34. The number of carbonyl (C=O) groups excluding carboxylic acids is 2. The number of nitrogens with zero attached hydrogens (tertiary/aromatic N) is 4. The third kappa shape index (κ3) is 7.73. The van der Waals surface area contributed by atoms with Gasteiger partial charge in [0.25, 0.3) is 11.8 Å². The van der Waals surface area contributed by atoms with Gasteiger partial charge in [-0.3, -0.25) is 14.6 Å². The number of ether oxygens (including phenoxy) is 1. The minimum absolute atomic E-state index is 0.00202. The molecule has 1 fully saturated rings. The molecule has 3 heterocycles. The van der Waals surface area contributed by atoms with E-state index in [-0.39, 0.29) is 37.1 Å². The number of anilines is 2. The van der Waals surface area contributed by atoms with Gasteiger partial charge in [0.05, 0.1) is 23.0 Å². The van der Waals surface area contributed by atoms with Gasteiger partial charge in [-0.1, -0.05) is 35.9 Å². The number of aromatic nitrogens is 3. The molecule has 2 amide bonds. The Morgan fingerprint density at radius 2 is 1.72 bits per heavy atom. The average molecular weight is 706 g/mol. The average Bonchev–Trinajstić information content (AvgIpc) is 3.42. The Bertz CT molecular complexity index is 1900. The zero-order valence-corrected chi connectivity index (χ0v) is 29.5. The van der Waals surface area contributed by atoms with E-state index < -0.39 is 11.8 Å². The van der Waals surface area contributed by atoms with Gasteiger partial charge in [-0.2, -0.15) is 0 Å². The molecule has 1 aliphatic heterocycles. The number of methoxy groups -OCH3 is 1. The fourth-order valence-corrected chi connectivity index (χ4v) is 7.00.